The number of ether oxygens (including phenoxy) is 1. The SMILES string of the molecule is CC[C@@H](O)[C@@H]1O[C@](O)(C(=O)O)C[C@H](O)[C@H]1NC(C)=O. The number of carbonyl (C=O) groups is 2. The van der Waals surface area contributed by atoms with E-state index in [1.54, 1.807) is 6.92 Å². The van der Waals surface area contributed by atoms with Gasteiger partial charge in [0.25, 0.3) is 5.79 Å². The van der Waals surface area contributed by atoms with Gasteiger partial charge in [-0.2, -0.15) is 0 Å². The van der Waals surface area contributed by atoms with Crippen LogP contribution >= 0.6 is 0 Å². The largest absolute Gasteiger partial charge is 0.477 e. The van der Waals surface area contributed by atoms with Gasteiger partial charge >= 0.3 is 5.97 Å². The Kier molecular flexibility index (Phi) is 4.86. The first-order valence-corrected chi connectivity index (χ1v) is 5.98. The molecule has 0 unspecified atom stereocenters. The summed E-state index contributed by atoms with van der Waals surface area (Å²) in [5.74, 6) is -4.68. The summed E-state index contributed by atoms with van der Waals surface area (Å²) in [6, 6.07) is -0.980. The molecule has 1 fully saturated rings. The molecule has 0 saturated carbocycles. The minimum absolute atomic E-state index is 0.211. The maximum Gasteiger partial charge on any atom is 0.364 e. The van der Waals surface area contributed by atoms with Gasteiger partial charge in [-0.05, 0) is 6.42 Å². The monoisotopic (exact) mass is 277 g/mol. The number of nitrogens with one attached hydrogen (secondary N) is 1. The average molecular weight is 277 g/mol. The number of aliphatic hydroxyl groups excluding tert-OH is 2. The summed E-state index contributed by atoms with van der Waals surface area (Å²) in [6.45, 7) is 2.85. The summed E-state index contributed by atoms with van der Waals surface area (Å²) >= 11 is 0. The summed E-state index contributed by atoms with van der Waals surface area (Å²) in [4.78, 5) is 22.0. The second kappa shape index (κ2) is 5.83. The highest BCUT2D eigenvalue weighted by Crippen LogP contribution is 2.30. The Morgan fingerprint density at radius 3 is 2.53 bits per heavy atom. The van der Waals surface area contributed by atoms with Crippen molar-refractivity contribution >= 4 is 11.9 Å². The van der Waals surface area contributed by atoms with E-state index in [-0.39, 0.29) is 6.42 Å². The molecule has 1 aliphatic heterocycles. The van der Waals surface area contributed by atoms with Crippen LogP contribution in [0.1, 0.15) is 26.7 Å². The third kappa shape index (κ3) is 3.41. The number of rotatable bonds is 4. The topological polar surface area (TPSA) is 136 Å². The van der Waals surface area contributed by atoms with Crippen LogP contribution in [0.25, 0.3) is 0 Å². The molecule has 0 aliphatic carbocycles. The maximum absolute atomic E-state index is 11.1. The molecule has 5 N–H and O–H groups in total. The molecule has 1 aliphatic rings. The summed E-state index contributed by atoms with van der Waals surface area (Å²) < 4.78 is 5.00. The van der Waals surface area contributed by atoms with Crippen molar-refractivity contribution in [3.63, 3.8) is 0 Å². The van der Waals surface area contributed by atoms with E-state index >= 15 is 0 Å². The van der Waals surface area contributed by atoms with Crippen LogP contribution in [0, 0.1) is 0 Å². The van der Waals surface area contributed by atoms with E-state index in [0.29, 0.717) is 0 Å². The Hall–Kier alpha value is -1.22. The van der Waals surface area contributed by atoms with Gasteiger partial charge in [0.2, 0.25) is 5.91 Å². The number of amides is 1. The third-order valence-corrected chi connectivity index (χ3v) is 3.09. The van der Waals surface area contributed by atoms with Gasteiger partial charge in [0.05, 0.1) is 18.2 Å². The van der Waals surface area contributed by atoms with E-state index in [2.05, 4.69) is 5.32 Å². The van der Waals surface area contributed by atoms with Crippen molar-refractivity contribution in [3.8, 4) is 0 Å². The highest BCUT2D eigenvalue weighted by molar-refractivity contribution is 5.76. The van der Waals surface area contributed by atoms with Gasteiger partial charge in [0.1, 0.15) is 6.10 Å². The number of hydrogen-bond donors (Lipinski definition) is 5. The van der Waals surface area contributed by atoms with E-state index in [0.717, 1.165) is 0 Å². The fraction of sp³-hybridized carbons (Fsp3) is 0.818. The van der Waals surface area contributed by atoms with Crippen molar-refractivity contribution in [3.05, 3.63) is 0 Å². The molecule has 0 aromatic heterocycles. The van der Waals surface area contributed by atoms with Crippen molar-refractivity contribution in [1.29, 1.82) is 0 Å². The normalized spacial score (nSPS) is 36.6. The molecule has 1 saturated heterocycles. The Balaban J connectivity index is 3.00. The van der Waals surface area contributed by atoms with Crippen LogP contribution in [0.15, 0.2) is 0 Å². The van der Waals surface area contributed by atoms with E-state index in [4.69, 9.17) is 9.84 Å². The van der Waals surface area contributed by atoms with Crippen LogP contribution in [0.3, 0.4) is 0 Å². The summed E-state index contributed by atoms with van der Waals surface area (Å²) in [5, 5.41) is 40.8. The van der Waals surface area contributed by atoms with Crippen molar-refractivity contribution in [2.75, 3.05) is 0 Å². The van der Waals surface area contributed by atoms with Gasteiger partial charge in [-0.3, -0.25) is 4.79 Å². The quantitative estimate of drug-likeness (QED) is 0.408. The molecule has 0 aromatic rings. The number of carboxylic acids is 1. The van der Waals surface area contributed by atoms with Gasteiger partial charge in [-0.25, -0.2) is 4.79 Å². The molecule has 0 bridgehead atoms. The Morgan fingerprint density at radius 2 is 2.11 bits per heavy atom. The summed E-state index contributed by atoms with van der Waals surface area (Å²) in [5.41, 5.74) is 0. The van der Waals surface area contributed by atoms with Crippen LogP contribution in [0.4, 0.5) is 0 Å². The minimum atomic E-state index is -2.57. The van der Waals surface area contributed by atoms with E-state index in [9.17, 15) is 24.9 Å². The number of aliphatic hydroxyl groups is 3. The smallest absolute Gasteiger partial charge is 0.364 e. The molecule has 1 heterocycles. The van der Waals surface area contributed by atoms with Crippen LogP contribution in [0.5, 0.6) is 0 Å². The van der Waals surface area contributed by atoms with Crippen LogP contribution in [-0.2, 0) is 14.3 Å². The molecule has 8 heteroatoms. The molecule has 19 heavy (non-hydrogen) atoms. The highest BCUT2D eigenvalue weighted by Gasteiger charge is 2.52. The van der Waals surface area contributed by atoms with Gasteiger partial charge in [-0.1, -0.05) is 6.92 Å². The van der Waals surface area contributed by atoms with Gasteiger partial charge in [0, 0.05) is 13.3 Å². The molecule has 5 atom stereocenters. The lowest BCUT2D eigenvalue weighted by Crippen LogP contribution is -2.65. The molecule has 110 valence electrons. The van der Waals surface area contributed by atoms with Crippen LogP contribution in [0.2, 0.25) is 0 Å². The van der Waals surface area contributed by atoms with Crippen LogP contribution in [-0.4, -0.2) is 62.4 Å². The zero-order valence-electron chi connectivity index (χ0n) is 10.7. The zero-order chi connectivity index (χ0) is 14.8. The van der Waals surface area contributed by atoms with E-state index in [1.165, 1.54) is 6.92 Å². The number of carbonyl (C=O) groups excluding carboxylic acids is 1. The standard InChI is InChI=1S/C11H19NO7/c1-3-6(14)9-8(12-5(2)13)7(15)4-11(18,19-9)10(16)17/h6-9,14-15,18H,3-4H2,1-2H3,(H,12,13)(H,16,17)/t6-,7+,8-,9+,11+/m1/s1. The Labute approximate surface area is 110 Å². The molecule has 1 rings (SSSR count). The molecule has 0 radical (unpaired) electrons. The maximum atomic E-state index is 11.1. The lowest BCUT2D eigenvalue weighted by atomic mass is 9.89. The number of aliphatic carboxylic acids is 1. The van der Waals surface area contributed by atoms with Crippen molar-refractivity contribution < 1.29 is 34.8 Å². The molecule has 1 amide bonds. The average Bonchev–Trinajstić information content (AvgIpc) is 2.30. The van der Waals surface area contributed by atoms with E-state index < -0.39 is 48.4 Å². The van der Waals surface area contributed by atoms with Crippen LogP contribution < -0.4 is 5.32 Å². The molecular formula is C11H19NO7. The molecule has 8 nitrogen and oxygen atoms in total. The Bertz CT molecular complexity index is 361. The third-order valence-electron chi connectivity index (χ3n) is 3.09. The second-order valence-electron chi connectivity index (χ2n) is 4.65. The lowest BCUT2D eigenvalue weighted by Gasteiger charge is -2.43. The first-order valence-electron chi connectivity index (χ1n) is 5.98. The first-order chi connectivity index (χ1) is 8.71. The predicted molar refractivity (Wildman–Crippen MR) is 62.0 cm³/mol. The minimum Gasteiger partial charge on any atom is -0.477 e. The molecule has 0 spiro atoms. The van der Waals surface area contributed by atoms with Crippen molar-refractivity contribution in [2.45, 2.75) is 56.8 Å². The van der Waals surface area contributed by atoms with Crippen molar-refractivity contribution in [2.24, 2.45) is 0 Å². The Morgan fingerprint density at radius 1 is 1.53 bits per heavy atom. The van der Waals surface area contributed by atoms with Gasteiger partial charge in [0.15, 0.2) is 0 Å². The van der Waals surface area contributed by atoms with Crippen molar-refractivity contribution in [1.82, 2.24) is 5.32 Å². The molecular weight excluding hydrogens is 258 g/mol. The van der Waals surface area contributed by atoms with Gasteiger partial charge < -0.3 is 30.5 Å². The fourth-order valence-electron chi connectivity index (χ4n) is 2.08. The van der Waals surface area contributed by atoms with Gasteiger partial charge in [-0.15, -0.1) is 0 Å². The fourth-order valence-corrected chi connectivity index (χ4v) is 2.08. The number of hydrogen-bond acceptors (Lipinski definition) is 6. The predicted octanol–water partition coefficient (Wildman–Crippen LogP) is -1.81. The summed E-state index contributed by atoms with van der Waals surface area (Å²) in [6.07, 6.45) is -4.06. The number of carboxylic acid groups (broad SMARTS) is 1. The lowest BCUT2D eigenvalue weighted by molar-refractivity contribution is -0.289. The molecule has 0 aromatic carbocycles. The highest BCUT2D eigenvalue weighted by atomic mass is 16.7. The summed E-state index contributed by atoms with van der Waals surface area (Å²) in [7, 11) is 0. The zero-order valence-corrected chi connectivity index (χ0v) is 10.7. The van der Waals surface area contributed by atoms with E-state index in [1.807, 2.05) is 0 Å². The first kappa shape index (κ1) is 15.8. The second-order valence-corrected chi connectivity index (χ2v) is 4.65.